The first-order chi connectivity index (χ1) is 13.5. The van der Waals surface area contributed by atoms with Crippen LogP contribution in [0.5, 0.6) is 0 Å². The summed E-state index contributed by atoms with van der Waals surface area (Å²) in [5.41, 5.74) is 1.16. The summed E-state index contributed by atoms with van der Waals surface area (Å²) < 4.78 is 4.91. The molecule has 0 saturated carbocycles. The van der Waals surface area contributed by atoms with E-state index in [1.165, 1.54) is 0 Å². The number of hydrogen-bond donors (Lipinski definition) is 3. The van der Waals surface area contributed by atoms with E-state index >= 15 is 0 Å². The molecule has 0 spiro atoms. The largest absolute Gasteiger partial charge is 0.383 e. The molecule has 2 rings (SSSR count). The number of guanidine groups is 1. The molecular weight excluding hydrogens is 528 g/mol. The van der Waals surface area contributed by atoms with Crippen LogP contribution in [-0.4, -0.2) is 69.8 Å². The fourth-order valence-corrected chi connectivity index (χ4v) is 3.36. The molecule has 0 radical (unpaired) electrons. The zero-order valence-corrected chi connectivity index (χ0v) is 20.7. The van der Waals surface area contributed by atoms with Crippen LogP contribution in [0.4, 0.5) is 0 Å². The van der Waals surface area contributed by atoms with Gasteiger partial charge in [0.05, 0.1) is 23.2 Å². The molecule has 29 heavy (non-hydrogen) atoms. The first-order valence-corrected chi connectivity index (χ1v) is 10.2. The maximum atomic E-state index is 11.8. The molecule has 1 aliphatic heterocycles. The average molecular weight is 558 g/mol. The quantitative estimate of drug-likeness (QED) is 0.198. The van der Waals surface area contributed by atoms with Gasteiger partial charge in [0.1, 0.15) is 0 Å². The van der Waals surface area contributed by atoms with E-state index in [9.17, 15) is 4.79 Å². The van der Waals surface area contributed by atoms with Gasteiger partial charge in [-0.1, -0.05) is 29.3 Å². The zero-order valence-electron chi connectivity index (χ0n) is 16.8. The Morgan fingerprint density at radius 2 is 1.97 bits per heavy atom. The fraction of sp³-hybridized carbons (Fsp3) is 0.579. The van der Waals surface area contributed by atoms with Crippen LogP contribution in [0.25, 0.3) is 0 Å². The van der Waals surface area contributed by atoms with Gasteiger partial charge in [0.25, 0.3) is 0 Å². The monoisotopic (exact) mass is 557 g/mol. The van der Waals surface area contributed by atoms with Crippen LogP contribution in [0.3, 0.4) is 0 Å². The molecule has 1 amide bonds. The van der Waals surface area contributed by atoms with Crippen LogP contribution >= 0.6 is 47.2 Å². The van der Waals surface area contributed by atoms with E-state index < -0.39 is 0 Å². The lowest BCUT2D eigenvalue weighted by molar-refractivity contribution is -0.120. The third-order valence-electron chi connectivity index (χ3n) is 4.59. The topological polar surface area (TPSA) is 78.0 Å². The number of amides is 1. The van der Waals surface area contributed by atoms with Gasteiger partial charge in [-0.2, -0.15) is 0 Å². The van der Waals surface area contributed by atoms with E-state index in [4.69, 9.17) is 27.9 Å². The van der Waals surface area contributed by atoms with Gasteiger partial charge in [0.15, 0.2) is 5.96 Å². The Kier molecular flexibility index (Phi) is 12.9. The van der Waals surface area contributed by atoms with E-state index in [0.29, 0.717) is 35.2 Å². The van der Waals surface area contributed by atoms with Crippen molar-refractivity contribution in [2.24, 2.45) is 4.99 Å². The lowest BCUT2D eigenvalue weighted by atomic mass is 10.0. The maximum absolute atomic E-state index is 11.8. The summed E-state index contributed by atoms with van der Waals surface area (Å²) >= 11 is 12.1. The number of halogens is 3. The molecule has 1 fully saturated rings. The van der Waals surface area contributed by atoms with Crippen molar-refractivity contribution in [3.05, 3.63) is 33.8 Å². The van der Waals surface area contributed by atoms with Crippen molar-refractivity contribution in [3.8, 4) is 0 Å². The van der Waals surface area contributed by atoms with Crippen molar-refractivity contribution < 1.29 is 9.53 Å². The minimum Gasteiger partial charge on any atom is -0.383 e. The molecule has 1 aromatic rings. The van der Waals surface area contributed by atoms with Crippen molar-refractivity contribution in [2.75, 3.05) is 46.9 Å². The summed E-state index contributed by atoms with van der Waals surface area (Å²) in [6.07, 6.45) is 2.00. The van der Waals surface area contributed by atoms with Crippen molar-refractivity contribution in [1.82, 2.24) is 20.9 Å². The van der Waals surface area contributed by atoms with Crippen LogP contribution in [0, 0.1) is 0 Å². The number of aliphatic imine (C=N–C) groups is 1. The Hall–Kier alpha value is -0.810. The molecule has 0 bridgehead atoms. The minimum absolute atomic E-state index is 0. The smallest absolute Gasteiger partial charge is 0.239 e. The van der Waals surface area contributed by atoms with Crippen LogP contribution in [0.15, 0.2) is 23.2 Å². The highest BCUT2D eigenvalue weighted by atomic mass is 127. The lowest BCUT2D eigenvalue weighted by Crippen LogP contribution is -2.50. The Morgan fingerprint density at radius 1 is 1.24 bits per heavy atom. The van der Waals surface area contributed by atoms with E-state index in [1.807, 2.05) is 18.2 Å². The van der Waals surface area contributed by atoms with E-state index in [-0.39, 0.29) is 36.4 Å². The molecule has 10 heteroatoms. The van der Waals surface area contributed by atoms with E-state index in [1.54, 1.807) is 14.2 Å². The van der Waals surface area contributed by atoms with Gasteiger partial charge < -0.3 is 20.7 Å². The predicted octanol–water partition coefficient (Wildman–Crippen LogP) is 2.50. The number of nitrogens with one attached hydrogen (secondary N) is 3. The highest BCUT2D eigenvalue weighted by molar-refractivity contribution is 14.0. The number of ether oxygens (including phenoxy) is 1. The Bertz CT molecular complexity index is 670. The number of hydrogen-bond acceptors (Lipinski definition) is 4. The number of piperidine rings is 1. The van der Waals surface area contributed by atoms with E-state index in [0.717, 1.165) is 38.0 Å². The molecule has 0 aromatic heterocycles. The van der Waals surface area contributed by atoms with Gasteiger partial charge in [-0.3, -0.25) is 14.7 Å². The zero-order chi connectivity index (χ0) is 20.4. The number of nitrogens with zero attached hydrogens (tertiary/aromatic N) is 2. The molecule has 0 atom stereocenters. The van der Waals surface area contributed by atoms with Crippen molar-refractivity contribution in [3.63, 3.8) is 0 Å². The van der Waals surface area contributed by atoms with E-state index in [2.05, 4.69) is 25.8 Å². The van der Waals surface area contributed by atoms with Crippen molar-refractivity contribution in [2.45, 2.75) is 25.4 Å². The minimum atomic E-state index is -0.0866. The third kappa shape index (κ3) is 9.69. The second-order valence-corrected chi connectivity index (χ2v) is 7.53. The van der Waals surface area contributed by atoms with Gasteiger partial charge in [0, 0.05) is 46.4 Å². The third-order valence-corrected chi connectivity index (χ3v) is 5.33. The molecule has 1 saturated heterocycles. The fourth-order valence-electron chi connectivity index (χ4n) is 3.04. The summed E-state index contributed by atoms with van der Waals surface area (Å²) in [6, 6.07) is 6.11. The second-order valence-electron chi connectivity index (χ2n) is 6.71. The normalized spacial score (nSPS) is 15.5. The molecule has 164 valence electrons. The summed E-state index contributed by atoms with van der Waals surface area (Å²) in [5, 5.41) is 10.4. The van der Waals surface area contributed by atoms with Gasteiger partial charge in [-0.15, -0.1) is 24.0 Å². The number of carbonyl (C=O) groups is 1. The molecular formula is C19H30Cl2IN5O2. The van der Waals surface area contributed by atoms with Crippen LogP contribution < -0.4 is 16.0 Å². The number of rotatable bonds is 8. The van der Waals surface area contributed by atoms with Crippen LogP contribution in [0.2, 0.25) is 10.0 Å². The number of likely N-dealkylation sites (tertiary alicyclic amines) is 1. The van der Waals surface area contributed by atoms with Crippen LogP contribution in [0.1, 0.15) is 18.4 Å². The molecule has 0 unspecified atom stereocenters. The molecule has 3 N–H and O–H groups in total. The summed E-state index contributed by atoms with van der Waals surface area (Å²) in [4.78, 5) is 18.4. The van der Waals surface area contributed by atoms with Gasteiger partial charge in [-0.05, 0) is 30.5 Å². The summed E-state index contributed by atoms with van der Waals surface area (Å²) in [5.74, 6) is 0.557. The van der Waals surface area contributed by atoms with Gasteiger partial charge >= 0.3 is 0 Å². The predicted molar refractivity (Wildman–Crippen MR) is 130 cm³/mol. The average Bonchev–Trinajstić information content (AvgIpc) is 2.69. The number of benzene rings is 1. The summed E-state index contributed by atoms with van der Waals surface area (Å²) in [6.45, 7) is 4.00. The Labute approximate surface area is 199 Å². The molecule has 1 aliphatic rings. The van der Waals surface area contributed by atoms with Crippen molar-refractivity contribution in [1.29, 1.82) is 0 Å². The lowest BCUT2D eigenvalue weighted by Gasteiger charge is -2.33. The van der Waals surface area contributed by atoms with Crippen molar-refractivity contribution >= 4 is 59.0 Å². The Balaban J connectivity index is 0.00000420. The standard InChI is InChI=1S/C19H29Cl2N5O2.HI/c1-22-19(24-12-18(27)23-7-10-28-2)25-15-5-8-26(9-6-15)13-14-3-4-16(20)17(21)11-14;/h3-4,11,15H,5-10,12-13H2,1-2H3,(H,23,27)(H2,22,24,25);1H. The highest BCUT2D eigenvalue weighted by Gasteiger charge is 2.20. The number of carbonyl (C=O) groups excluding carboxylic acids is 1. The number of methoxy groups -OCH3 is 1. The molecule has 1 heterocycles. The summed E-state index contributed by atoms with van der Waals surface area (Å²) in [7, 11) is 3.31. The van der Waals surface area contributed by atoms with Gasteiger partial charge in [0.2, 0.25) is 5.91 Å². The first kappa shape index (κ1) is 26.2. The second kappa shape index (κ2) is 14.2. The molecule has 1 aromatic carbocycles. The maximum Gasteiger partial charge on any atom is 0.239 e. The highest BCUT2D eigenvalue weighted by Crippen LogP contribution is 2.24. The molecule has 0 aliphatic carbocycles. The molecule has 7 nitrogen and oxygen atoms in total. The SMILES string of the molecule is CN=C(NCC(=O)NCCOC)NC1CCN(Cc2ccc(Cl)c(Cl)c2)CC1.I. The Morgan fingerprint density at radius 3 is 2.59 bits per heavy atom. The first-order valence-electron chi connectivity index (χ1n) is 9.41. The van der Waals surface area contributed by atoms with Crippen LogP contribution in [-0.2, 0) is 16.1 Å². The van der Waals surface area contributed by atoms with Gasteiger partial charge in [-0.25, -0.2) is 0 Å².